The Bertz CT molecular complexity index is 1330. The zero-order valence-corrected chi connectivity index (χ0v) is 19.9. The van der Waals surface area contributed by atoms with E-state index in [1.165, 1.54) is 17.0 Å². The first-order valence-corrected chi connectivity index (χ1v) is 11.2. The number of anilines is 1. The summed E-state index contributed by atoms with van der Waals surface area (Å²) < 4.78 is 6.15. The van der Waals surface area contributed by atoms with E-state index in [2.05, 4.69) is 0 Å². The van der Waals surface area contributed by atoms with Crippen LogP contribution in [0.25, 0.3) is 17.4 Å². The fourth-order valence-corrected chi connectivity index (χ4v) is 4.95. The minimum atomic E-state index is -0.440. The third-order valence-electron chi connectivity index (χ3n) is 4.92. The van der Waals surface area contributed by atoms with Gasteiger partial charge in [-0.3, -0.25) is 19.8 Å². The molecule has 2 aromatic carbocycles. The summed E-state index contributed by atoms with van der Waals surface area (Å²) in [6.07, 6.45) is 1.56. The molecule has 2 heterocycles. The smallest absolute Gasteiger partial charge is 0.280 e. The van der Waals surface area contributed by atoms with Crippen LogP contribution in [0, 0.1) is 24.0 Å². The average molecular weight is 505 g/mol. The predicted octanol–water partition coefficient (Wildman–Crippen LogP) is 7.18. The highest BCUT2D eigenvalue weighted by Gasteiger charge is 2.34. The van der Waals surface area contributed by atoms with E-state index in [-0.39, 0.29) is 11.6 Å². The van der Waals surface area contributed by atoms with E-state index in [1.54, 1.807) is 36.4 Å². The van der Waals surface area contributed by atoms with Crippen molar-refractivity contribution in [3.8, 4) is 11.3 Å². The monoisotopic (exact) mass is 504 g/mol. The van der Waals surface area contributed by atoms with Crippen molar-refractivity contribution in [2.45, 2.75) is 13.8 Å². The van der Waals surface area contributed by atoms with Crippen LogP contribution < -0.4 is 4.90 Å². The molecule has 0 bridgehead atoms. The Kier molecular flexibility index (Phi) is 6.13. The van der Waals surface area contributed by atoms with Crippen LogP contribution in [0.1, 0.15) is 16.9 Å². The van der Waals surface area contributed by atoms with Crippen molar-refractivity contribution in [3.05, 3.63) is 84.4 Å². The number of nitro benzene ring substituents is 1. The molecule has 0 N–H and O–H groups in total. The summed E-state index contributed by atoms with van der Waals surface area (Å²) in [4.78, 5) is 25.7. The van der Waals surface area contributed by atoms with Crippen LogP contribution >= 0.6 is 47.2 Å². The van der Waals surface area contributed by atoms with Crippen molar-refractivity contribution in [1.29, 1.82) is 0 Å². The number of rotatable bonds is 4. The molecule has 3 aromatic rings. The van der Waals surface area contributed by atoms with Crippen LogP contribution in [0.3, 0.4) is 0 Å². The molecule has 1 aliphatic heterocycles. The van der Waals surface area contributed by atoms with Gasteiger partial charge in [-0.1, -0.05) is 47.2 Å². The molecule has 4 rings (SSSR count). The lowest BCUT2D eigenvalue weighted by molar-refractivity contribution is -0.384. The first-order chi connectivity index (χ1) is 15.2. The zero-order chi connectivity index (χ0) is 23.2. The number of nitrogens with zero attached hydrogens (tertiary/aromatic N) is 2. The Morgan fingerprint density at radius 3 is 2.53 bits per heavy atom. The summed E-state index contributed by atoms with van der Waals surface area (Å²) in [7, 11) is 0. The molecule has 10 heteroatoms. The molecule has 0 radical (unpaired) electrons. The third-order valence-corrected chi connectivity index (χ3v) is 6.76. The minimum Gasteiger partial charge on any atom is -0.456 e. The lowest BCUT2D eigenvalue weighted by Gasteiger charge is -2.16. The van der Waals surface area contributed by atoms with Crippen molar-refractivity contribution in [2.24, 2.45) is 0 Å². The molecule has 1 saturated heterocycles. The van der Waals surface area contributed by atoms with Gasteiger partial charge < -0.3 is 4.42 Å². The fraction of sp³-hybridized carbons (Fsp3) is 0.0909. The number of carbonyl (C=O) groups excluding carboxylic acids is 1. The molecule has 0 unspecified atom stereocenters. The number of carbonyl (C=O) groups is 1. The van der Waals surface area contributed by atoms with E-state index in [1.807, 2.05) is 13.8 Å². The van der Waals surface area contributed by atoms with Gasteiger partial charge in [-0.25, -0.2) is 0 Å². The molecule has 0 atom stereocenters. The van der Waals surface area contributed by atoms with E-state index < -0.39 is 4.92 Å². The number of amides is 1. The van der Waals surface area contributed by atoms with Gasteiger partial charge in [0.25, 0.3) is 11.6 Å². The molecule has 1 amide bonds. The number of furan rings is 1. The number of halogens is 2. The largest absolute Gasteiger partial charge is 0.456 e. The Morgan fingerprint density at radius 2 is 1.84 bits per heavy atom. The topological polar surface area (TPSA) is 76.6 Å². The lowest BCUT2D eigenvalue weighted by atomic mass is 10.0. The Hall–Kier alpha value is -2.65. The van der Waals surface area contributed by atoms with Crippen molar-refractivity contribution in [2.75, 3.05) is 4.90 Å². The number of thioether (sulfide) groups is 1. The zero-order valence-electron chi connectivity index (χ0n) is 16.7. The summed E-state index contributed by atoms with van der Waals surface area (Å²) in [5, 5.41) is 12.3. The summed E-state index contributed by atoms with van der Waals surface area (Å²) in [5.41, 5.74) is 2.49. The maximum atomic E-state index is 13.0. The molecule has 162 valence electrons. The number of benzene rings is 2. The molecule has 1 aliphatic rings. The molecule has 1 fully saturated rings. The number of hydrogen-bond donors (Lipinski definition) is 0. The molecule has 1 aromatic heterocycles. The summed E-state index contributed by atoms with van der Waals surface area (Å²) in [6.45, 7) is 3.69. The Labute approximate surface area is 202 Å². The summed E-state index contributed by atoms with van der Waals surface area (Å²) in [5.74, 6) is 0.358. The van der Waals surface area contributed by atoms with Crippen LogP contribution in [0.15, 0.2) is 51.8 Å². The van der Waals surface area contributed by atoms with Gasteiger partial charge in [-0.15, -0.1) is 0 Å². The van der Waals surface area contributed by atoms with E-state index in [0.29, 0.717) is 42.0 Å². The summed E-state index contributed by atoms with van der Waals surface area (Å²) >= 11 is 18.7. The number of nitro groups is 1. The van der Waals surface area contributed by atoms with Gasteiger partial charge in [0.1, 0.15) is 11.5 Å². The molecular formula is C22H14Cl2N2O4S2. The number of aryl methyl sites for hydroxylation is 2. The van der Waals surface area contributed by atoms with Crippen LogP contribution in [0.5, 0.6) is 0 Å². The molecule has 0 spiro atoms. The van der Waals surface area contributed by atoms with Gasteiger partial charge >= 0.3 is 0 Å². The molecule has 32 heavy (non-hydrogen) atoms. The maximum Gasteiger partial charge on any atom is 0.280 e. The highest BCUT2D eigenvalue weighted by molar-refractivity contribution is 8.27. The average Bonchev–Trinajstić information content (AvgIpc) is 3.29. The molecule has 0 aliphatic carbocycles. The molecule has 0 saturated carbocycles. The van der Waals surface area contributed by atoms with Crippen molar-refractivity contribution in [1.82, 2.24) is 0 Å². The number of thiocarbonyl (C=S) groups is 1. The van der Waals surface area contributed by atoms with E-state index >= 15 is 0 Å². The van der Waals surface area contributed by atoms with Gasteiger partial charge in [-0.2, -0.15) is 0 Å². The van der Waals surface area contributed by atoms with Gasteiger partial charge in [0.05, 0.1) is 26.1 Å². The minimum absolute atomic E-state index is 0.0438. The van der Waals surface area contributed by atoms with Crippen LogP contribution in [0.2, 0.25) is 10.0 Å². The van der Waals surface area contributed by atoms with Gasteiger partial charge in [0.15, 0.2) is 4.32 Å². The second-order valence-corrected chi connectivity index (χ2v) is 9.54. The maximum absolute atomic E-state index is 13.0. The van der Waals surface area contributed by atoms with Crippen molar-refractivity contribution in [3.63, 3.8) is 0 Å². The molecule has 6 nitrogen and oxygen atoms in total. The van der Waals surface area contributed by atoms with E-state index in [0.717, 1.165) is 22.9 Å². The lowest BCUT2D eigenvalue weighted by Crippen LogP contribution is -2.27. The normalized spacial score (nSPS) is 15.1. The standard InChI is InChI=1S/C22H14Cl2N2O4S2/c1-11-7-15(18(26(28)29)8-12(11)2)19-6-4-14(30-19)10-20-21(27)25(22(31)32-20)17-5-3-13(23)9-16(17)24/h3-10H,1-2H3/b20-10+. The van der Waals surface area contributed by atoms with Crippen molar-refractivity contribution < 1.29 is 14.1 Å². The molecular weight excluding hydrogens is 491 g/mol. The Morgan fingerprint density at radius 1 is 1.12 bits per heavy atom. The van der Waals surface area contributed by atoms with Crippen LogP contribution in [-0.4, -0.2) is 15.2 Å². The highest BCUT2D eigenvalue weighted by Crippen LogP contribution is 2.40. The third kappa shape index (κ3) is 4.19. The van der Waals surface area contributed by atoms with Gasteiger partial charge in [0.2, 0.25) is 0 Å². The first kappa shape index (κ1) is 22.5. The second-order valence-electron chi connectivity index (χ2n) is 7.03. The van der Waals surface area contributed by atoms with Crippen LogP contribution in [0.4, 0.5) is 11.4 Å². The Balaban J connectivity index is 1.67. The quantitative estimate of drug-likeness (QED) is 0.162. The van der Waals surface area contributed by atoms with Crippen LogP contribution in [-0.2, 0) is 4.79 Å². The predicted molar refractivity (Wildman–Crippen MR) is 132 cm³/mol. The summed E-state index contributed by atoms with van der Waals surface area (Å²) in [6, 6.07) is 11.3. The van der Waals surface area contributed by atoms with E-state index in [4.69, 9.17) is 39.8 Å². The van der Waals surface area contributed by atoms with E-state index in [9.17, 15) is 14.9 Å². The van der Waals surface area contributed by atoms with Crippen molar-refractivity contribution >= 4 is 74.9 Å². The SMILES string of the molecule is Cc1cc(-c2ccc(/C=C3/SC(=S)N(c4ccc(Cl)cc4Cl)C3=O)o2)c([N+](=O)[O-])cc1C. The second kappa shape index (κ2) is 8.71. The van der Waals surface area contributed by atoms with Gasteiger partial charge in [0, 0.05) is 17.2 Å². The first-order valence-electron chi connectivity index (χ1n) is 9.24. The highest BCUT2D eigenvalue weighted by atomic mass is 35.5. The number of hydrogen-bond acceptors (Lipinski definition) is 6. The van der Waals surface area contributed by atoms with Gasteiger partial charge in [-0.05, 0) is 61.4 Å². The fourth-order valence-electron chi connectivity index (χ4n) is 3.19.